The molecule has 202 valence electrons. The number of aliphatic hydroxyl groups excluding tert-OH is 1. The van der Waals surface area contributed by atoms with Crippen LogP contribution in [0.2, 0.25) is 0 Å². The maximum absolute atomic E-state index is 13.9. The fourth-order valence-electron chi connectivity index (χ4n) is 5.72. The number of hydrogen-bond acceptors (Lipinski definition) is 7. The minimum Gasteiger partial charge on any atom is -0.391 e. The molecule has 0 aromatic carbocycles. The predicted octanol–water partition coefficient (Wildman–Crippen LogP) is 1.39. The van der Waals surface area contributed by atoms with Crippen LogP contribution < -0.4 is 5.32 Å². The van der Waals surface area contributed by atoms with E-state index in [-0.39, 0.29) is 30.8 Å². The van der Waals surface area contributed by atoms with Gasteiger partial charge < -0.3 is 19.9 Å². The summed E-state index contributed by atoms with van der Waals surface area (Å²) >= 11 is 0. The second-order valence-corrected chi connectivity index (χ2v) is 12.0. The standard InChI is InChI=1S/C26H40N8O3/c1-26(2,3)23(34-15-19(29-30-34)17-7-8-17)25(37)33-13-18(35)11-21(33)24(36)27-12-22(32-9-5-6-10-32)20-14-31(4)16-28-20/h14-18,21-23,35H,5-13H2,1-4H3,(H,27,36)/t18-,21+,22?,23-/m1/s1. The highest BCUT2D eigenvalue weighted by Crippen LogP contribution is 2.40. The molecule has 3 fully saturated rings. The topological polar surface area (TPSA) is 121 Å². The quantitative estimate of drug-likeness (QED) is 0.548. The van der Waals surface area contributed by atoms with Gasteiger partial charge >= 0.3 is 0 Å². The van der Waals surface area contributed by atoms with Gasteiger partial charge in [-0.1, -0.05) is 26.0 Å². The summed E-state index contributed by atoms with van der Waals surface area (Å²) in [5.41, 5.74) is 1.38. The van der Waals surface area contributed by atoms with Crippen molar-refractivity contribution >= 4 is 11.8 Å². The van der Waals surface area contributed by atoms with Gasteiger partial charge in [-0.05, 0) is 44.2 Å². The van der Waals surface area contributed by atoms with Crippen LogP contribution in [-0.4, -0.2) is 89.6 Å². The zero-order valence-corrected chi connectivity index (χ0v) is 22.4. The van der Waals surface area contributed by atoms with E-state index in [0.29, 0.717) is 12.5 Å². The first kappa shape index (κ1) is 25.8. The lowest BCUT2D eigenvalue weighted by Crippen LogP contribution is -2.51. The summed E-state index contributed by atoms with van der Waals surface area (Å²) in [6.45, 7) is 8.44. The Bertz CT molecular complexity index is 1110. The van der Waals surface area contributed by atoms with Crippen LogP contribution in [0.5, 0.6) is 0 Å². The molecule has 2 saturated heterocycles. The van der Waals surface area contributed by atoms with Gasteiger partial charge in [0.15, 0.2) is 0 Å². The third kappa shape index (κ3) is 5.57. The first-order valence-electron chi connectivity index (χ1n) is 13.5. The van der Waals surface area contributed by atoms with Crippen LogP contribution in [0.15, 0.2) is 18.7 Å². The molecule has 1 aliphatic carbocycles. The molecule has 2 N–H and O–H groups in total. The van der Waals surface area contributed by atoms with Crippen LogP contribution in [0, 0.1) is 5.41 Å². The number of rotatable bonds is 8. The van der Waals surface area contributed by atoms with Crippen molar-refractivity contribution in [2.24, 2.45) is 12.5 Å². The number of hydrogen-bond donors (Lipinski definition) is 2. The van der Waals surface area contributed by atoms with Gasteiger partial charge in [0, 0.05) is 44.9 Å². The molecule has 11 nitrogen and oxygen atoms in total. The van der Waals surface area contributed by atoms with Gasteiger partial charge in [0.05, 0.1) is 29.9 Å². The number of amides is 2. The highest BCUT2D eigenvalue weighted by atomic mass is 16.3. The molecule has 0 bridgehead atoms. The van der Waals surface area contributed by atoms with Gasteiger partial charge in [0.25, 0.3) is 0 Å². The van der Waals surface area contributed by atoms with E-state index in [0.717, 1.165) is 50.2 Å². The van der Waals surface area contributed by atoms with E-state index in [1.165, 1.54) is 0 Å². The largest absolute Gasteiger partial charge is 0.391 e. The average Bonchev–Trinajstić information content (AvgIpc) is 3.26. The molecule has 4 atom stereocenters. The number of likely N-dealkylation sites (tertiary alicyclic amines) is 2. The minimum atomic E-state index is -0.747. The predicted molar refractivity (Wildman–Crippen MR) is 136 cm³/mol. The molecule has 2 amide bonds. The Morgan fingerprint density at radius 3 is 2.54 bits per heavy atom. The lowest BCUT2D eigenvalue weighted by molar-refractivity contribution is -0.144. The number of aliphatic hydroxyl groups is 1. The number of imidazole rings is 1. The number of β-amino-alcohol motifs (C(OH)–C–C–N with tert-alkyl or cyclic N) is 1. The average molecular weight is 513 g/mol. The molecule has 11 heteroatoms. The molecular weight excluding hydrogens is 472 g/mol. The Morgan fingerprint density at radius 2 is 1.92 bits per heavy atom. The second-order valence-electron chi connectivity index (χ2n) is 12.0. The van der Waals surface area contributed by atoms with Gasteiger partial charge in [-0.25, -0.2) is 9.67 Å². The van der Waals surface area contributed by atoms with Crippen molar-refractivity contribution in [2.45, 2.75) is 83.0 Å². The molecule has 3 aliphatic rings. The van der Waals surface area contributed by atoms with Crippen molar-refractivity contribution in [3.63, 3.8) is 0 Å². The van der Waals surface area contributed by atoms with Gasteiger partial charge in [-0.15, -0.1) is 5.10 Å². The molecule has 0 spiro atoms. The SMILES string of the molecule is Cn1cnc(C(CNC(=O)[C@@H]2C[C@@H](O)CN2C(=O)[C@@H](n2cc(C3CC3)nn2)C(C)(C)C)N2CCCC2)c1. The fourth-order valence-corrected chi connectivity index (χ4v) is 5.72. The summed E-state index contributed by atoms with van der Waals surface area (Å²) < 4.78 is 3.57. The van der Waals surface area contributed by atoms with E-state index in [4.69, 9.17) is 0 Å². The van der Waals surface area contributed by atoms with Gasteiger partial charge in [0.2, 0.25) is 11.8 Å². The zero-order valence-electron chi connectivity index (χ0n) is 22.4. The third-order valence-corrected chi connectivity index (χ3v) is 7.82. The fraction of sp³-hybridized carbons (Fsp3) is 0.731. The Labute approximate surface area is 218 Å². The molecule has 0 radical (unpaired) electrons. The highest BCUT2D eigenvalue weighted by Gasteiger charge is 2.45. The molecule has 1 saturated carbocycles. The summed E-state index contributed by atoms with van der Waals surface area (Å²) in [6.07, 6.45) is 9.58. The number of aromatic nitrogens is 5. The van der Waals surface area contributed by atoms with E-state index in [9.17, 15) is 14.7 Å². The molecule has 4 heterocycles. The van der Waals surface area contributed by atoms with Crippen LogP contribution in [0.25, 0.3) is 0 Å². The van der Waals surface area contributed by atoms with Crippen LogP contribution in [0.4, 0.5) is 0 Å². The number of carbonyl (C=O) groups excluding carboxylic acids is 2. The first-order valence-corrected chi connectivity index (χ1v) is 13.5. The lowest BCUT2D eigenvalue weighted by atomic mass is 9.85. The van der Waals surface area contributed by atoms with Crippen LogP contribution in [0.1, 0.15) is 82.3 Å². The molecule has 2 aromatic rings. The summed E-state index contributed by atoms with van der Waals surface area (Å²) in [5.74, 6) is -0.0218. The van der Waals surface area contributed by atoms with E-state index in [1.807, 2.05) is 44.8 Å². The molecule has 2 aromatic heterocycles. The monoisotopic (exact) mass is 512 g/mol. The van der Waals surface area contributed by atoms with Crippen LogP contribution in [0.3, 0.4) is 0 Å². The van der Waals surface area contributed by atoms with E-state index in [1.54, 1.807) is 15.9 Å². The Kier molecular flexibility index (Phi) is 7.10. The number of carbonyl (C=O) groups is 2. The number of nitrogens with one attached hydrogen (secondary N) is 1. The number of aryl methyl sites for hydroxylation is 1. The minimum absolute atomic E-state index is 0.0264. The third-order valence-electron chi connectivity index (χ3n) is 7.82. The van der Waals surface area contributed by atoms with Gasteiger partial charge in [0.1, 0.15) is 12.1 Å². The Morgan fingerprint density at radius 1 is 1.19 bits per heavy atom. The van der Waals surface area contributed by atoms with E-state index < -0.39 is 23.6 Å². The van der Waals surface area contributed by atoms with Gasteiger partial charge in [-0.2, -0.15) is 0 Å². The molecular formula is C26H40N8O3. The molecule has 5 rings (SSSR count). The molecule has 37 heavy (non-hydrogen) atoms. The van der Waals surface area contributed by atoms with E-state index in [2.05, 4.69) is 25.5 Å². The van der Waals surface area contributed by atoms with Crippen molar-refractivity contribution in [1.82, 2.24) is 39.7 Å². The summed E-state index contributed by atoms with van der Waals surface area (Å²) in [7, 11) is 1.94. The summed E-state index contributed by atoms with van der Waals surface area (Å²) in [4.78, 5) is 35.9. The maximum Gasteiger partial charge on any atom is 0.248 e. The van der Waals surface area contributed by atoms with Crippen molar-refractivity contribution in [1.29, 1.82) is 0 Å². The van der Waals surface area contributed by atoms with Crippen LogP contribution >= 0.6 is 0 Å². The first-order chi connectivity index (χ1) is 17.6. The number of nitrogens with zero attached hydrogens (tertiary/aromatic N) is 7. The van der Waals surface area contributed by atoms with E-state index >= 15 is 0 Å². The van der Waals surface area contributed by atoms with Crippen molar-refractivity contribution < 1.29 is 14.7 Å². The lowest BCUT2D eigenvalue weighted by Gasteiger charge is -2.35. The second kappa shape index (κ2) is 10.2. The summed E-state index contributed by atoms with van der Waals surface area (Å²) in [5, 5.41) is 22.2. The molecule has 1 unspecified atom stereocenters. The summed E-state index contributed by atoms with van der Waals surface area (Å²) in [6, 6.07) is -1.39. The normalized spacial score (nSPS) is 24.4. The molecule has 2 aliphatic heterocycles. The smallest absolute Gasteiger partial charge is 0.248 e. The van der Waals surface area contributed by atoms with Crippen molar-refractivity contribution in [3.05, 3.63) is 30.1 Å². The van der Waals surface area contributed by atoms with Gasteiger partial charge in [-0.3, -0.25) is 14.5 Å². The highest BCUT2D eigenvalue weighted by molar-refractivity contribution is 5.90. The zero-order chi connectivity index (χ0) is 26.3. The van der Waals surface area contributed by atoms with Crippen LogP contribution in [-0.2, 0) is 16.6 Å². The maximum atomic E-state index is 13.9. The Hall–Kier alpha value is -2.79. The Balaban J connectivity index is 1.31. The van der Waals surface area contributed by atoms with Crippen molar-refractivity contribution in [3.8, 4) is 0 Å². The van der Waals surface area contributed by atoms with Crippen molar-refractivity contribution in [2.75, 3.05) is 26.2 Å².